The van der Waals surface area contributed by atoms with Gasteiger partial charge in [0.1, 0.15) is 30.2 Å². The molecule has 0 saturated carbocycles. The summed E-state index contributed by atoms with van der Waals surface area (Å²) in [6.07, 6.45) is -3.87. The number of rotatable bonds is 8. The van der Waals surface area contributed by atoms with Gasteiger partial charge in [-0.2, -0.15) is 8.42 Å². The number of nitrogen functional groups attached to an aromatic ring is 1. The number of carbonyl (C=O) groups is 2. The van der Waals surface area contributed by atoms with Gasteiger partial charge in [-0.3, -0.25) is 18.3 Å². The molecular weight excluding hydrogens is 526 g/mol. The summed E-state index contributed by atoms with van der Waals surface area (Å²) in [6, 6.07) is 6.27. The van der Waals surface area contributed by atoms with Gasteiger partial charge < -0.3 is 31.1 Å². The van der Waals surface area contributed by atoms with E-state index in [1.807, 2.05) is 0 Å². The van der Waals surface area contributed by atoms with E-state index in [1.165, 1.54) is 29.4 Å². The first-order valence-electron chi connectivity index (χ1n) is 11.3. The molecule has 2 aromatic heterocycles. The quantitative estimate of drug-likeness (QED) is 0.175. The number of hydrogen-bond acceptors (Lipinski definition) is 13. The van der Waals surface area contributed by atoms with E-state index < -0.39 is 65.4 Å². The molecule has 5 atom stereocenters. The molecule has 2 aliphatic heterocycles. The fraction of sp³-hybridized carbons (Fsp3) is 0.381. The van der Waals surface area contributed by atoms with Crippen molar-refractivity contribution in [3.05, 3.63) is 48.0 Å². The number of benzene rings is 1. The zero-order chi connectivity index (χ0) is 27.2. The molecule has 1 aromatic carbocycles. The Morgan fingerprint density at radius 2 is 2.00 bits per heavy atom. The van der Waals surface area contributed by atoms with Crippen LogP contribution >= 0.6 is 0 Å². The monoisotopic (exact) mass is 549 g/mol. The lowest BCUT2D eigenvalue weighted by molar-refractivity contribution is -0.121. The number of fused-ring (bicyclic) bond motifs is 2. The lowest BCUT2D eigenvalue weighted by Crippen LogP contribution is -2.41. The molecule has 3 aromatic rings. The number of aliphatic hydroxyl groups excluding tert-OH is 2. The third-order valence-corrected chi connectivity index (χ3v) is 7.20. The first kappa shape index (κ1) is 25.9. The average molecular weight is 550 g/mol. The van der Waals surface area contributed by atoms with Gasteiger partial charge in [-0.15, -0.1) is 0 Å². The highest BCUT2D eigenvalue weighted by atomic mass is 32.2. The summed E-state index contributed by atoms with van der Waals surface area (Å²) in [5.74, 6) is -1.44. The van der Waals surface area contributed by atoms with Crippen molar-refractivity contribution in [2.24, 2.45) is 0 Å². The number of ether oxygens (including phenoxy) is 1. The van der Waals surface area contributed by atoms with Crippen molar-refractivity contribution in [2.75, 3.05) is 12.3 Å². The van der Waals surface area contributed by atoms with Gasteiger partial charge in [-0.25, -0.2) is 19.7 Å². The Bertz CT molecular complexity index is 1510. The fourth-order valence-corrected chi connectivity index (χ4v) is 5.14. The normalized spacial score (nSPS) is 26.9. The Hall–Kier alpha value is -3.74. The number of nitrogens with two attached hydrogens (primary N) is 1. The zero-order valence-electron chi connectivity index (χ0n) is 19.5. The van der Waals surface area contributed by atoms with Gasteiger partial charge in [0, 0.05) is 24.0 Å². The molecular formula is C21H23N7O9S. The third kappa shape index (κ3) is 4.66. The van der Waals surface area contributed by atoms with Crippen molar-refractivity contribution < 1.29 is 42.2 Å². The summed E-state index contributed by atoms with van der Waals surface area (Å²) in [5, 5.41) is 34.0. The van der Waals surface area contributed by atoms with Crippen molar-refractivity contribution in [1.82, 2.24) is 29.6 Å². The van der Waals surface area contributed by atoms with Crippen molar-refractivity contribution in [1.29, 1.82) is 0 Å². The van der Waals surface area contributed by atoms with Crippen LogP contribution in [0.4, 0.5) is 5.82 Å². The van der Waals surface area contributed by atoms with Gasteiger partial charge >= 0.3 is 10.3 Å². The highest BCUT2D eigenvalue weighted by Crippen LogP contribution is 2.33. The van der Waals surface area contributed by atoms with Crippen LogP contribution in [0.25, 0.3) is 11.2 Å². The smallest absolute Gasteiger partial charge is 0.362 e. The molecule has 0 spiro atoms. The van der Waals surface area contributed by atoms with E-state index in [0.717, 1.165) is 0 Å². The van der Waals surface area contributed by atoms with Crippen LogP contribution in [0.5, 0.6) is 0 Å². The van der Waals surface area contributed by atoms with Crippen LogP contribution in [-0.4, -0.2) is 80.0 Å². The summed E-state index contributed by atoms with van der Waals surface area (Å²) >= 11 is 0. The minimum Gasteiger partial charge on any atom is -0.387 e. The molecule has 38 heavy (non-hydrogen) atoms. The van der Waals surface area contributed by atoms with Crippen molar-refractivity contribution in [3.63, 3.8) is 0 Å². The number of carbonyl (C=O) groups excluding carboxylic acids is 2. The van der Waals surface area contributed by atoms with E-state index in [0.29, 0.717) is 0 Å². The summed E-state index contributed by atoms with van der Waals surface area (Å²) in [5.41, 5.74) is 4.90. The highest BCUT2D eigenvalue weighted by Gasteiger charge is 2.45. The van der Waals surface area contributed by atoms with Crippen LogP contribution in [0, 0.1) is 0 Å². The van der Waals surface area contributed by atoms with Crippen LogP contribution in [0.1, 0.15) is 35.0 Å². The summed E-state index contributed by atoms with van der Waals surface area (Å²) < 4.78 is 38.0. The Kier molecular flexibility index (Phi) is 6.49. The summed E-state index contributed by atoms with van der Waals surface area (Å²) in [4.78, 5) is 36.2. The molecule has 0 aliphatic carbocycles. The number of imidazole rings is 1. The van der Waals surface area contributed by atoms with Crippen LogP contribution in [0.2, 0.25) is 0 Å². The number of anilines is 1. The average Bonchev–Trinajstić information content (AvgIpc) is 3.51. The predicted molar refractivity (Wildman–Crippen MR) is 126 cm³/mol. The standard InChI is InChI=1S/C21H23N7O9S/c22-17-14-18(24-8-23-17)28(9-25-14)20-16(31)15(30)12(37-20)7-36-38(34,35)27-13(29)5-6-21(33)11-4-2-1-3-10(11)19(32)26-21/h1-4,8-9,12,15-16,20,30-31,33H,5-7H2,(H,26,32)(H,27,29)(H2,22,23,24)/t12-,15-,16-,20?,21?/m1/s1. The number of hydrogen-bond donors (Lipinski definition) is 6. The fourth-order valence-electron chi connectivity index (χ4n) is 4.39. The number of nitrogens with zero attached hydrogens (tertiary/aromatic N) is 4. The molecule has 2 aliphatic rings. The van der Waals surface area contributed by atoms with Crippen LogP contribution in [0.15, 0.2) is 36.9 Å². The van der Waals surface area contributed by atoms with E-state index in [-0.39, 0.29) is 34.5 Å². The molecule has 2 unspecified atom stereocenters. The van der Waals surface area contributed by atoms with Crippen molar-refractivity contribution in [2.45, 2.75) is 43.1 Å². The lowest BCUT2D eigenvalue weighted by atomic mass is 9.97. The second-order valence-corrected chi connectivity index (χ2v) is 10.1. The lowest BCUT2D eigenvalue weighted by Gasteiger charge is -2.23. The van der Waals surface area contributed by atoms with Gasteiger partial charge in [0.2, 0.25) is 5.91 Å². The van der Waals surface area contributed by atoms with Crippen LogP contribution in [-0.2, 0) is 29.7 Å². The van der Waals surface area contributed by atoms with Gasteiger partial charge in [0.15, 0.2) is 23.4 Å². The van der Waals surface area contributed by atoms with Crippen molar-refractivity contribution in [3.8, 4) is 0 Å². The van der Waals surface area contributed by atoms with Crippen molar-refractivity contribution >= 4 is 39.1 Å². The second-order valence-electron chi connectivity index (χ2n) is 8.75. The topological polar surface area (TPSA) is 241 Å². The maximum absolute atomic E-state index is 12.3. The SMILES string of the molecule is Nc1ncnc2c1ncn2C1O[C@H](COS(=O)(=O)NC(=O)CCC2(O)NC(=O)c3ccccc32)[C@@H](O)[C@H]1O. The zero-order valence-corrected chi connectivity index (χ0v) is 20.3. The maximum atomic E-state index is 12.3. The number of aliphatic hydroxyl groups is 3. The van der Waals surface area contributed by atoms with E-state index in [9.17, 15) is 33.3 Å². The van der Waals surface area contributed by atoms with E-state index in [2.05, 4.69) is 20.3 Å². The third-order valence-electron chi connectivity index (χ3n) is 6.28. The number of nitrogens with one attached hydrogen (secondary N) is 2. The molecule has 5 rings (SSSR count). The molecule has 0 radical (unpaired) electrons. The van der Waals surface area contributed by atoms with Gasteiger partial charge in [-0.05, 0) is 6.07 Å². The Morgan fingerprint density at radius 1 is 1.24 bits per heavy atom. The highest BCUT2D eigenvalue weighted by molar-refractivity contribution is 7.85. The van der Waals surface area contributed by atoms with Crippen LogP contribution < -0.4 is 15.8 Å². The first-order valence-corrected chi connectivity index (χ1v) is 12.7. The Balaban J connectivity index is 1.17. The van der Waals surface area contributed by atoms with E-state index >= 15 is 0 Å². The number of aromatic nitrogens is 4. The first-order chi connectivity index (χ1) is 18.0. The molecule has 202 valence electrons. The van der Waals surface area contributed by atoms with Gasteiger partial charge in [0.25, 0.3) is 5.91 Å². The summed E-state index contributed by atoms with van der Waals surface area (Å²) in [7, 11) is -4.66. The molecule has 0 bridgehead atoms. The summed E-state index contributed by atoms with van der Waals surface area (Å²) in [6.45, 7) is -0.742. The minimum absolute atomic E-state index is 0.0927. The largest absolute Gasteiger partial charge is 0.387 e. The van der Waals surface area contributed by atoms with E-state index in [4.69, 9.17) is 14.7 Å². The molecule has 17 heteroatoms. The van der Waals surface area contributed by atoms with Gasteiger partial charge in [0.05, 0.1) is 12.9 Å². The molecule has 7 N–H and O–H groups in total. The maximum Gasteiger partial charge on any atom is 0.362 e. The number of amides is 2. The Labute approximate surface area is 214 Å². The van der Waals surface area contributed by atoms with E-state index in [1.54, 1.807) is 16.9 Å². The van der Waals surface area contributed by atoms with Gasteiger partial charge in [-0.1, -0.05) is 18.2 Å². The predicted octanol–water partition coefficient (Wildman–Crippen LogP) is -2.23. The Morgan fingerprint density at radius 3 is 2.79 bits per heavy atom. The van der Waals surface area contributed by atoms with Crippen LogP contribution in [0.3, 0.4) is 0 Å². The molecule has 16 nitrogen and oxygen atoms in total. The molecule has 2 amide bonds. The molecule has 1 fully saturated rings. The minimum atomic E-state index is -4.66. The molecule has 4 heterocycles. The second kappa shape index (κ2) is 9.53. The molecule has 1 saturated heterocycles.